The number of aliphatic hydroxyl groups is 1. The van der Waals surface area contributed by atoms with Gasteiger partial charge in [-0.1, -0.05) is 35.9 Å². The summed E-state index contributed by atoms with van der Waals surface area (Å²) in [6.45, 7) is 1.76. The van der Waals surface area contributed by atoms with Crippen LogP contribution in [0.2, 0.25) is 5.02 Å². The molecule has 0 aliphatic carbocycles. The zero-order valence-corrected chi connectivity index (χ0v) is 13.8. The van der Waals surface area contributed by atoms with E-state index in [2.05, 4.69) is 5.32 Å². The average Bonchev–Trinajstić information content (AvgIpc) is 3.06. The molecule has 0 unspecified atom stereocenters. The van der Waals surface area contributed by atoms with E-state index in [1.807, 2.05) is 25.1 Å². The fourth-order valence-corrected chi connectivity index (χ4v) is 2.58. The van der Waals surface area contributed by atoms with Crippen LogP contribution in [0.15, 0.2) is 59.0 Å². The summed E-state index contributed by atoms with van der Waals surface area (Å²) < 4.78 is 5.54. The zero-order chi connectivity index (χ0) is 17.1. The summed E-state index contributed by atoms with van der Waals surface area (Å²) in [4.78, 5) is 12.4. The Morgan fingerprint density at radius 2 is 1.96 bits per heavy atom. The highest BCUT2D eigenvalue weighted by atomic mass is 35.5. The number of amides is 1. The Kier molecular flexibility index (Phi) is 4.69. The second-order valence-electron chi connectivity index (χ2n) is 5.39. The molecule has 0 radical (unpaired) electrons. The number of halogens is 1. The molecule has 0 saturated carbocycles. The van der Waals surface area contributed by atoms with Crippen molar-refractivity contribution in [3.63, 3.8) is 0 Å². The molecule has 1 amide bonds. The third-order valence-corrected chi connectivity index (χ3v) is 4.04. The lowest BCUT2D eigenvalue weighted by Gasteiger charge is -2.11. The van der Waals surface area contributed by atoms with E-state index in [0.29, 0.717) is 27.8 Å². The van der Waals surface area contributed by atoms with Crippen molar-refractivity contribution in [2.24, 2.45) is 0 Å². The van der Waals surface area contributed by atoms with Gasteiger partial charge in [-0.3, -0.25) is 4.79 Å². The van der Waals surface area contributed by atoms with Gasteiger partial charge in [-0.05, 0) is 42.8 Å². The maximum atomic E-state index is 12.4. The molecule has 0 atom stereocenters. The normalized spacial score (nSPS) is 10.6. The summed E-state index contributed by atoms with van der Waals surface area (Å²) in [7, 11) is 0. The lowest BCUT2D eigenvalue weighted by Crippen LogP contribution is -2.13. The Bertz CT molecular complexity index is 886. The molecule has 2 N–H and O–H groups in total. The topological polar surface area (TPSA) is 62.5 Å². The molecule has 4 nitrogen and oxygen atoms in total. The first-order chi connectivity index (χ1) is 11.6. The first kappa shape index (κ1) is 16.3. The summed E-state index contributed by atoms with van der Waals surface area (Å²) >= 11 is 6.07. The second-order valence-corrected chi connectivity index (χ2v) is 5.79. The lowest BCUT2D eigenvalue weighted by molar-refractivity contribution is 0.102. The van der Waals surface area contributed by atoms with Crippen molar-refractivity contribution in [2.75, 3.05) is 5.32 Å². The molecule has 0 aliphatic heterocycles. The molecule has 2 aromatic carbocycles. The van der Waals surface area contributed by atoms with Crippen molar-refractivity contribution in [2.45, 2.75) is 13.5 Å². The van der Waals surface area contributed by atoms with E-state index < -0.39 is 0 Å². The second kappa shape index (κ2) is 6.91. The van der Waals surface area contributed by atoms with Crippen LogP contribution in [-0.4, -0.2) is 11.0 Å². The van der Waals surface area contributed by atoms with E-state index in [1.54, 1.807) is 36.4 Å². The largest absolute Gasteiger partial charge is 0.459 e. The van der Waals surface area contributed by atoms with E-state index in [9.17, 15) is 4.79 Å². The summed E-state index contributed by atoms with van der Waals surface area (Å²) in [5, 5.41) is 12.4. The van der Waals surface area contributed by atoms with E-state index in [1.165, 1.54) is 0 Å². The summed E-state index contributed by atoms with van der Waals surface area (Å²) in [5.41, 5.74) is 2.84. The summed E-state index contributed by atoms with van der Waals surface area (Å²) in [6.07, 6.45) is 0. The van der Waals surface area contributed by atoms with Crippen LogP contribution >= 0.6 is 11.6 Å². The number of carbonyl (C=O) groups excluding carboxylic acids is 1. The van der Waals surface area contributed by atoms with Crippen LogP contribution in [-0.2, 0) is 6.61 Å². The van der Waals surface area contributed by atoms with E-state index in [-0.39, 0.29) is 12.5 Å². The number of benzene rings is 2. The molecular formula is C19H16ClNO3. The Morgan fingerprint density at radius 3 is 2.67 bits per heavy atom. The van der Waals surface area contributed by atoms with E-state index in [0.717, 1.165) is 11.1 Å². The maximum absolute atomic E-state index is 12.4. The number of rotatable bonds is 4. The number of nitrogens with one attached hydrogen (secondary N) is 1. The Morgan fingerprint density at radius 1 is 1.17 bits per heavy atom. The van der Waals surface area contributed by atoms with E-state index in [4.69, 9.17) is 21.1 Å². The molecule has 24 heavy (non-hydrogen) atoms. The van der Waals surface area contributed by atoms with Gasteiger partial charge in [0.15, 0.2) is 0 Å². The van der Waals surface area contributed by atoms with Gasteiger partial charge in [0.05, 0.1) is 10.6 Å². The van der Waals surface area contributed by atoms with Crippen LogP contribution in [0.25, 0.3) is 11.3 Å². The van der Waals surface area contributed by atoms with Gasteiger partial charge in [-0.25, -0.2) is 0 Å². The molecule has 3 aromatic rings. The van der Waals surface area contributed by atoms with Gasteiger partial charge >= 0.3 is 0 Å². The van der Waals surface area contributed by atoms with Gasteiger partial charge in [0.25, 0.3) is 5.91 Å². The molecule has 0 fully saturated rings. The van der Waals surface area contributed by atoms with Crippen LogP contribution in [0.1, 0.15) is 21.7 Å². The van der Waals surface area contributed by atoms with Gasteiger partial charge in [0.2, 0.25) is 0 Å². The van der Waals surface area contributed by atoms with Crippen molar-refractivity contribution in [3.8, 4) is 11.3 Å². The fraction of sp³-hybridized carbons (Fsp3) is 0.105. The third kappa shape index (κ3) is 3.35. The zero-order valence-electron chi connectivity index (χ0n) is 13.0. The summed E-state index contributed by atoms with van der Waals surface area (Å²) in [5.74, 6) is 0.857. The quantitative estimate of drug-likeness (QED) is 0.725. The Labute approximate surface area is 144 Å². The molecule has 0 aliphatic rings. The van der Waals surface area contributed by atoms with Crippen molar-refractivity contribution in [1.82, 2.24) is 0 Å². The van der Waals surface area contributed by atoms with Crippen molar-refractivity contribution in [3.05, 3.63) is 76.5 Å². The predicted octanol–water partition coefficient (Wildman–Crippen LogP) is 4.65. The molecule has 1 aromatic heterocycles. The predicted molar refractivity (Wildman–Crippen MR) is 94.2 cm³/mol. The highest BCUT2D eigenvalue weighted by Gasteiger charge is 2.12. The van der Waals surface area contributed by atoms with Crippen LogP contribution in [0, 0.1) is 6.92 Å². The molecule has 5 heteroatoms. The number of hydrogen-bond acceptors (Lipinski definition) is 3. The minimum absolute atomic E-state index is 0.151. The maximum Gasteiger partial charge on any atom is 0.257 e. The van der Waals surface area contributed by atoms with Crippen LogP contribution in [0.4, 0.5) is 5.69 Å². The standard InChI is InChI=1S/C19H16ClNO3/c1-12-6-7-13(18-9-8-14(11-22)24-18)10-17(12)21-19(23)15-4-2-3-5-16(15)20/h2-10,22H,11H2,1H3,(H,21,23). The molecule has 0 saturated heterocycles. The number of aliphatic hydroxyl groups excluding tert-OH is 1. The highest BCUT2D eigenvalue weighted by Crippen LogP contribution is 2.28. The average molecular weight is 342 g/mol. The van der Waals surface area contributed by atoms with Gasteiger partial charge in [-0.2, -0.15) is 0 Å². The minimum atomic E-state index is -0.267. The molecule has 1 heterocycles. The Balaban J connectivity index is 1.89. The number of furan rings is 1. The molecule has 122 valence electrons. The Hall–Kier alpha value is -2.56. The third-order valence-electron chi connectivity index (χ3n) is 3.71. The molecule has 0 spiro atoms. The first-order valence-electron chi connectivity index (χ1n) is 7.45. The van der Waals surface area contributed by atoms with Crippen molar-refractivity contribution < 1.29 is 14.3 Å². The molecular weight excluding hydrogens is 326 g/mol. The van der Waals surface area contributed by atoms with Gasteiger partial charge in [0, 0.05) is 11.3 Å². The van der Waals surface area contributed by atoms with Crippen molar-refractivity contribution in [1.29, 1.82) is 0 Å². The number of anilines is 1. The lowest BCUT2D eigenvalue weighted by atomic mass is 10.1. The molecule has 3 rings (SSSR count). The highest BCUT2D eigenvalue weighted by molar-refractivity contribution is 6.34. The smallest absolute Gasteiger partial charge is 0.257 e. The van der Waals surface area contributed by atoms with Crippen LogP contribution in [0.3, 0.4) is 0 Å². The van der Waals surface area contributed by atoms with E-state index >= 15 is 0 Å². The summed E-state index contributed by atoms with van der Waals surface area (Å²) in [6, 6.07) is 16.1. The van der Waals surface area contributed by atoms with Crippen molar-refractivity contribution >= 4 is 23.2 Å². The number of aryl methyl sites for hydroxylation is 1. The molecule has 0 bridgehead atoms. The minimum Gasteiger partial charge on any atom is -0.459 e. The first-order valence-corrected chi connectivity index (χ1v) is 7.83. The van der Waals surface area contributed by atoms with Gasteiger partial charge < -0.3 is 14.8 Å². The SMILES string of the molecule is Cc1ccc(-c2ccc(CO)o2)cc1NC(=O)c1ccccc1Cl. The van der Waals surface area contributed by atoms with Gasteiger partial charge in [-0.15, -0.1) is 0 Å². The fourth-order valence-electron chi connectivity index (χ4n) is 2.36. The number of hydrogen-bond donors (Lipinski definition) is 2. The van der Waals surface area contributed by atoms with Crippen LogP contribution < -0.4 is 5.32 Å². The van der Waals surface area contributed by atoms with Gasteiger partial charge in [0.1, 0.15) is 18.1 Å². The number of carbonyl (C=O) groups is 1. The monoisotopic (exact) mass is 341 g/mol. The van der Waals surface area contributed by atoms with Crippen LogP contribution in [0.5, 0.6) is 0 Å².